The van der Waals surface area contributed by atoms with Crippen molar-refractivity contribution in [2.75, 3.05) is 0 Å². The molecule has 0 aliphatic carbocycles. The van der Waals surface area contributed by atoms with Crippen LogP contribution in [0.25, 0.3) is 0 Å². The minimum absolute atomic E-state index is 0.179. The molecule has 0 bridgehead atoms. The summed E-state index contributed by atoms with van der Waals surface area (Å²) >= 11 is 3.10. The van der Waals surface area contributed by atoms with Gasteiger partial charge < -0.3 is 0 Å². The van der Waals surface area contributed by atoms with Crippen LogP contribution in [-0.4, -0.2) is 4.98 Å². The Morgan fingerprint density at radius 3 is 2.69 bits per heavy atom. The molecule has 0 amide bonds. The zero-order chi connectivity index (χ0) is 10.1. The second-order valence-corrected chi connectivity index (χ2v) is 4.14. The van der Waals surface area contributed by atoms with Gasteiger partial charge in [0.1, 0.15) is 5.82 Å². The lowest BCUT2D eigenvalue weighted by Crippen LogP contribution is -2.18. The first-order valence-corrected chi connectivity index (χ1v) is 4.49. The SMILES string of the molecule is CC(C)(C#N)c1ncc(Br)cc1F. The van der Waals surface area contributed by atoms with Crippen molar-refractivity contribution in [1.29, 1.82) is 5.26 Å². The van der Waals surface area contributed by atoms with Gasteiger partial charge in [0.15, 0.2) is 0 Å². The Hall–Kier alpha value is -0.950. The quantitative estimate of drug-likeness (QED) is 0.760. The number of nitrogens with zero attached hydrogens (tertiary/aromatic N) is 2. The minimum atomic E-state index is -0.884. The van der Waals surface area contributed by atoms with Crippen LogP contribution >= 0.6 is 15.9 Å². The summed E-state index contributed by atoms with van der Waals surface area (Å²) in [5, 5.41) is 8.77. The summed E-state index contributed by atoms with van der Waals surface area (Å²) in [6.07, 6.45) is 1.48. The number of aromatic nitrogens is 1. The van der Waals surface area contributed by atoms with Gasteiger partial charge in [-0.3, -0.25) is 4.98 Å². The van der Waals surface area contributed by atoms with Gasteiger partial charge in [-0.2, -0.15) is 5.26 Å². The maximum Gasteiger partial charge on any atom is 0.147 e. The zero-order valence-corrected chi connectivity index (χ0v) is 8.89. The Morgan fingerprint density at radius 1 is 1.62 bits per heavy atom. The second kappa shape index (κ2) is 3.43. The summed E-state index contributed by atoms with van der Waals surface area (Å²) in [7, 11) is 0. The van der Waals surface area contributed by atoms with Crippen molar-refractivity contribution in [1.82, 2.24) is 4.98 Å². The van der Waals surface area contributed by atoms with Crippen LogP contribution in [0.5, 0.6) is 0 Å². The second-order valence-electron chi connectivity index (χ2n) is 3.22. The van der Waals surface area contributed by atoms with Crippen molar-refractivity contribution in [2.24, 2.45) is 0 Å². The molecule has 13 heavy (non-hydrogen) atoms. The van der Waals surface area contributed by atoms with E-state index in [1.54, 1.807) is 13.8 Å². The topological polar surface area (TPSA) is 36.7 Å². The molecular weight excluding hydrogens is 235 g/mol. The number of nitriles is 1. The molecule has 1 heterocycles. The van der Waals surface area contributed by atoms with Gasteiger partial charge in [-0.15, -0.1) is 0 Å². The Labute approximate surface area is 84.5 Å². The van der Waals surface area contributed by atoms with Crippen LogP contribution in [0.3, 0.4) is 0 Å². The number of rotatable bonds is 1. The van der Waals surface area contributed by atoms with Crippen LogP contribution in [0.15, 0.2) is 16.7 Å². The van der Waals surface area contributed by atoms with E-state index in [2.05, 4.69) is 20.9 Å². The third kappa shape index (κ3) is 2.04. The van der Waals surface area contributed by atoms with Crippen molar-refractivity contribution in [3.63, 3.8) is 0 Å². The standard InChI is InChI=1S/C9H8BrFN2/c1-9(2,5-12)8-7(11)3-6(10)4-13-8/h3-4H,1-2H3. The molecule has 1 rings (SSSR count). The molecule has 4 heteroatoms. The fourth-order valence-corrected chi connectivity index (χ4v) is 1.23. The first-order valence-electron chi connectivity index (χ1n) is 3.70. The van der Waals surface area contributed by atoms with Crippen LogP contribution in [0.4, 0.5) is 4.39 Å². The summed E-state index contributed by atoms with van der Waals surface area (Å²) < 4.78 is 13.9. The van der Waals surface area contributed by atoms with Crippen LogP contribution in [0.2, 0.25) is 0 Å². The van der Waals surface area contributed by atoms with Gasteiger partial charge in [-0.05, 0) is 35.8 Å². The third-order valence-corrected chi connectivity index (χ3v) is 2.11. The van der Waals surface area contributed by atoms with E-state index in [-0.39, 0.29) is 5.69 Å². The van der Waals surface area contributed by atoms with Gasteiger partial charge in [0.2, 0.25) is 0 Å². The molecule has 0 saturated carbocycles. The molecule has 0 aliphatic rings. The average molecular weight is 243 g/mol. The molecule has 0 unspecified atom stereocenters. The van der Waals surface area contributed by atoms with E-state index >= 15 is 0 Å². The number of halogens is 2. The summed E-state index contributed by atoms with van der Waals surface area (Å²) in [6.45, 7) is 3.26. The lowest BCUT2D eigenvalue weighted by atomic mass is 9.90. The molecule has 0 saturated heterocycles. The highest BCUT2D eigenvalue weighted by Gasteiger charge is 2.25. The molecule has 0 fully saturated rings. The predicted molar refractivity (Wildman–Crippen MR) is 50.5 cm³/mol. The van der Waals surface area contributed by atoms with Gasteiger partial charge in [-0.1, -0.05) is 0 Å². The maximum absolute atomic E-state index is 13.3. The Bertz CT molecular complexity index is 368. The van der Waals surface area contributed by atoms with E-state index in [0.717, 1.165) is 0 Å². The van der Waals surface area contributed by atoms with Crippen molar-refractivity contribution < 1.29 is 4.39 Å². The summed E-state index contributed by atoms with van der Waals surface area (Å²) in [5.74, 6) is -0.457. The summed E-state index contributed by atoms with van der Waals surface area (Å²) in [4.78, 5) is 3.88. The summed E-state index contributed by atoms with van der Waals surface area (Å²) in [5.41, 5.74) is -0.705. The van der Waals surface area contributed by atoms with Crippen molar-refractivity contribution in [3.8, 4) is 6.07 Å². The maximum atomic E-state index is 13.3. The largest absolute Gasteiger partial charge is 0.255 e. The zero-order valence-electron chi connectivity index (χ0n) is 7.31. The van der Waals surface area contributed by atoms with Gasteiger partial charge in [0.25, 0.3) is 0 Å². The van der Waals surface area contributed by atoms with Crippen molar-refractivity contribution in [2.45, 2.75) is 19.3 Å². The Kier molecular flexibility index (Phi) is 2.67. The van der Waals surface area contributed by atoms with E-state index in [0.29, 0.717) is 4.47 Å². The normalized spacial score (nSPS) is 11.0. The van der Waals surface area contributed by atoms with E-state index in [4.69, 9.17) is 5.26 Å². The predicted octanol–water partition coefficient (Wildman–Crippen LogP) is 2.78. The highest BCUT2D eigenvalue weighted by molar-refractivity contribution is 9.10. The van der Waals surface area contributed by atoms with Crippen LogP contribution in [0.1, 0.15) is 19.5 Å². The van der Waals surface area contributed by atoms with Crippen LogP contribution < -0.4 is 0 Å². The molecular formula is C9H8BrFN2. The van der Waals surface area contributed by atoms with Gasteiger partial charge in [-0.25, -0.2) is 4.39 Å². The number of hydrogen-bond donors (Lipinski definition) is 0. The monoisotopic (exact) mass is 242 g/mol. The van der Waals surface area contributed by atoms with E-state index in [9.17, 15) is 4.39 Å². The van der Waals surface area contributed by atoms with Gasteiger partial charge in [0.05, 0.1) is 17.2 Å². The van der Waals surface area contributed by atoms with Crippen LogP contribution in [-0.2, 0) is 5.41 Å². The van der Waals surface area contributed by atoms with Crippen molar-refractivity contribution >= 4 is 15.9 Å². The smallest absolute Gasteiger partial charge is 0.147 e. The lowest BCUT2D eigenvalue weighted by Gasteiger charge is -2.14. The molecule has 0 N–H and O–H groups in total. The highest BCUT2D eigenvalue weighted by Crippen LogP contribution is 2.24. The van der Waals surface area contributed by atoms with Crippen molar-refractivity contribution in [3.05, 3.63) is 28.2 Å². The fourth-order valence-electron chi connectivity index (χ4n) is 0.927. The molecule has 2 nitrogen and oxygen atoms in total. The first-order chi connectivity index (χ1) is 5.97. The minimum Gasteiger partial charge on any atom is -0.255 e. The average Bonchev–Trinajstić information content (AvgIpc) is 2.03. The van der Waals surface area contributed by atoms with E-state index < -0.39 is 11.2 Å². The van der Waals surface area contributed by atoms with Crippen LogP contribution in [0, 0.1) is 17.1 Å². The molecule has 0 spiro atoms. The molecule has 0 atom stereocenters. The Morgan fingerprint density at radius 2 is 2.23 bits per heavy atom. The molecule has 0 aliphatic heterocycles. The Balaban J connectivity index is 3.26. The van der Waals surface area contributed by atoms with Gasteiger partial charge >= 0.3 is 0 Å². The molecule has 1 aromatic heterocycles. The summed E-state index contributed by atoms with van der Waals surface area (Å²) in [6, 6.07) is 3.31. The van der Waals surface area contributed by atoms with Gasteiger partial charge in [0, 0.05) is 10.7 Å². The molecule has 0 radical (unpaired) electrons. The molecule has 68 valence electrons. The number of hydrogen-bond acceptors (Lipinski definition) is 2. The molecule has 0 aromatic carbocycles. The van der Waals surface area contributed by atoms with E-state index in [1.165, 1.54) is 12.3 Å². The third-order valence-electron chi connectivity index (χ3n) is 1.68. The number of pyridine rings is 1. The van der Waals surface area contributed by atoms with E-state index in [1.807, 2.05) is 6.07 Å². The lowest BCUT2D eigenvalue weighted by molar-refractivity contribution is 0.545. The molecule has 1 aromatic rings. The first kappa shape index (κ1) is 10.1. The fraction of sp³-hybridized carbons (Fsp3) is 0.333. The highest BCUT2D eigenvalue weighted by atomic mass is 79.9.